The molecule has 1 N–H and O–H groups in total. The lowest BCUT2D eigenvalue weighted by atomic mass is 10.1. The molecule has 1 amide bonds. The maximum atomic E-state index is 13.0. The first-order chi connectivity index (χ1) is 12.7. The molecule has 1 aliphatic rings. The molecule has 7 nitrogen and oxygen atoms in total. The van der Waals surface area contributed by atoms with Crippen LogP contribution in [0.25, 0.3) is 0 Å². The second kappa shape index (κ2) is 8.98. The Labute approximate surface area is 156 Å². The van der Waals surface area contributed by atoms with Crippen LogP contribution in [0.5, 0.6) is 11.5 Å². The van der Waals surface area contributed by atoms with Crippen LogP contribution in [0.1, 0.15) is 12.0 Å². The van der Waals surface area contributed by atoms with Gasteiger partial charge in [-0.05, 0) is 12.1 Å². The molecule has 0 saturated carbocycles. The van der Waals surface area contributed by atoms with E-state index in [1.54, 1.807) is 25.3 Å². The fourth-order valence-electron chi connectivity index (χ4n) is 2.84. The SMILES string of the molecule is COc1ccc(CN(C(=O)CC2COCCN2)c2nccs2)c(OC)c1. The lowest BCUT2D eigenvalue weighted by molar-refractivity contribution is -0.119. The summed E-state index contributed by atoms with van der Waals surface area (Å²) in [7, 11) is 3.22. The molecular weight excluding hydrogens is 354 g/mol. The first-order valence-corrected chi connectivity index (χ1v) is 9.31. The highest BCUT2D eigenvalue weighted by Crippen LogP contribution is 2.28. The average molecular weight is 377 g/mol. The lowest BCUT2D eigenvalue weighted by Gasteiger charge is -2.27. The Morgan fingerprint density at radius 2 is 2.31 bits per heavy atom. The normalized spacial score (nSPS) is 16.9. The summed E-state index contributed by atoms with van der Waals surface area (Å²) in [5, 5.41) is 5.86. The van der Waals surface area contributed by atoms with E-state index in [0.717, 1.165) is 12.1 Å². The Hall–Kier alpha value is -2.16. The van der Waals surface area contributed by atoms with Crippen LogP contribution in [0.3, 0.4) is 0 Å². The molecule has 1 unspecified atom stereocenters. The van der Waals surface area contributed by atoms with E-state index in [4.69, 9.17) is 14.2 Å². The fraction of sp³-hybridized carbons (Fsp3) is 0.444. The number of carbonyl (C=O) groups is 1. The van der Waals surface area contributed by atoms with Gasteiger partial charge >= 0.3 is 0 Å². The number of amides is 1. The number of nitrogens with one attached hydrogen (secondary N) is 1. The van der Waals surface area contributed by atoms with E-state index in [-0.39, 0.29) is 11.9 Å². The smallest absolute Gasteiger partial charge is 0.230 e. The van der Waals surface area contributed by atoms with Gasteiger partial charge in [0, 0.05) is 42.2 Å². The second-order valence-corrected chi connectivity index (χ2v) is 6.78. The van der Waals surface area contributed by atoms with Gasteiger partial charge in [0.05, 0.1) is 34.0 Å². The monoisotopic (exact) mass is 377 g/mol. The second-order valence-electron chi connectivity index (χ2n) is 5.90. The zero-order valence-electron chi connectivity index (χ0n) is 14.9. The molecule has 1 aromatic carbocycles. The van der Waals surface area contributed by atoms with Crippen molar-refractivity contribution in [3.63, 3.8) is 0 Å². The van der Waals surface area contributed by atoms with Crippen LogP contribution in [-0.4, -0.2) is 50.9 Å². The summed E-state index contributed by atoms with van der Waals surface area (Å²) in [6, 6.07) is 5.61. The largest absolute Gasteiger partial charge is 0.497 e. The number of ether oxygens (including phenoxy) is 3. The van der Waals surface area contributed by atoms with Gasteiger partial charge in [0.2, 0.25) is 5.91 Å². The number of anilines is 1. The summed E-state index contributed by atoms with van der Waals surface area (Å²) in [6.07, 6.45) is 2.06. The van der Waals surface area contributed by atoms with E-state index < -0.39 is 0 Å². The van der Waals surface area contributed by atoms with Crippen molar-refractivity contribution in [3.8, 4) is 11.5 Å². The van der Waals surface area contributed by atoms with Crippen molar-refractivity contribution in [2.75, 3.05) is 38.9 Å². The molecule has 140 valence electrons. The van der Waals surface area contributed by atoms with E-state index in [1.165, 1.54) is 11.3 Å². The first-order valence-electron chi connectivity index (χ1n) is 8.43. The van der Waals surface area contributed by atoms with Crippen LogP contribution >= 0.6 is 11.3 Å². The highest BCUT2D eigenvalue weighted by molar-refractivity contribution is 7.13. The highest BCUT2D eigenvalue weighted by atomic mass is 32.1. The number of rotatable bonds is 7. The minimum absolute atomic E-state index is 0.000760. The zero-order valence-corrected chi connectivity index (χ0v) is 15.8. The van der Waals surface area contributed by atoms with Crippen molar-refractivity contribution in [3.05, 3.63) is 35.3 Å². The highest BCUT2D eigenvalue weighted by Gasteiger charge is 2.24. The molecule has 1 fully saturated rings. The van der Waals surface area contributed by atoms with E-state index in [0.29, 0.717) is 42.8 Å². The Kier molecular flexibility index (Phi) is 6.43. The van der Waals surface area contributed by atoms with Crippen LogP contribution in [0.4, 0.5) is 5.13 Å². The number of morpholine rings is 1. The van der Waals surface area contributed by atoms with E-state index >= 15 is 0 Å². The van der Waals surface area contributed by atoms with Gasteiger partial charge in [-0.3, -0.25) is 9.69 Å². The third-order valence-corrected chi connectivity index (χ3v) is 4.99. The number of thiazole rings is 1. The molecule has 26 heavy (non-hydrogen) atoms. The molecule has 0 radical (unpaired) electrons. The van der Waals surface area contributed by atoms with Crippen LogP contribution in [0, 0.1) is 0 Å². The third kappa shape index (κ3) is 4.51. The maximum Gasteiger partial charge on any atom is 0.230 e. The molecule has 2 heterocycles. The Balaban J connectivity index is 1.79. The topological polar surface area (TPSA) is 72.9 Å². The van der Waals surface area contributed by atoms with Crippen molar-refractivity contribution >= 4 is 22.4 Å². The number of hydrogen-bond acceptors (Lipinski definition) is 7. The molecule has 3 rings (SSSR count). The number of carbonyl (C=O) groups excluding carboxylic acids is 1. The van der Waals surface area contributed by atoms with Gasteiger partial charge in [-0.1, -0.05) is 0 Å². The van der Waals surface area contributed by atoms with Crippen molar-refractivity contribution in [1.82, 2.24) is 10.3 Å². The summed E-state index contributed by atoms with van der Waals surface area (Å²) >= 11 is 1.44. The van der Waals surface area contributed by atoms with Crippen molar-refractivity contribution in [2.24, 2.45) is 0 Å². The number of aromatic nitrogens is 1. The van der Waals surface area contributed by atoms with Crippen LogP contribution in [-0.2, 0) is 16.1 Å². The Morgan fingerprint density at radius 3 is 2.96 bits per heavy atom. The molecule has 0 aliphatic carbocycles. The van der Waals surface area contributed by atoms with Gasteiger partial charge in [-0.15, -0.1) is 11.3 Å². The number of nitrogens with zero attached hydrogens (tertiary/aromatic N) is 2. The number of hydrogen-bond donors (Lipinski definition) is 1. The summed E-state index contributed by atoms with van der Waals surface area (Å²) in [5.41, 5.74) is 0.893. The minimum atomic E-state index is 0.000760. The summed E-state index contributed by atoms with van der Waals surface area (Å²) < 4.78 is 16.2. The van der Waals surface area contributed by atoms with Crippen LogP contribution in [0.2, 0.25) is 0 Å². The van der Waals surface area contributed by atoms with Crippen molar-refractivity contribution < 1.29 is 19.0 Å². The number of methoxy groups -OCH3 is 2. The number of benzene rings is 1. The van der Waals surface area contributed by atoms with Crippen LogP contribution < -0.4 is 19.7 Å². The van der Waals surface area contributed by atoms with Gasteiger partial charge in [0.25, 0.3) is 0 Å². The molecule has 0 spiro atoms. The van der Waals surface area contributed by atoms with Crippen LogP contribution in [0.15, 0.2) is 29.8 Å². The predicted molar refractivity (Wildman–Crippen MR) is 100 cm³/mol. The predicted octanol–water partition coefficient (Wildman–Crippen LogP) is 2.07. The third-order valence-electron chi connectivity index (χ3n) is 4.19. The first kappa shape index (κ1) is 18.6. The van der Waals surface area contributed by atoms with Gasteiger partial charge in [0.15, 0.2) is 5.13 Å². The van der Waals surface area contributed by atoms with E-state index in [2.05, 4.69) is 10.3 Å². The van der Waals surface area contributed by atoms with Crippen molar-refractivity contribution in [2.45, 2.75) is 19.0 Å². The molecule has 1 aromatic heterocycles. The lowest BCUT2D eigenvalue weighted by Crippen LogP contribution is -2.45. The maximum absolute atomic E-state index is 13.0. The zero-order chi connectivity index (χ0) is 18.4. The summed E-state index contributed by atoms with van der Waals surface area (Å²) in [6.45, 7) is 2.38. The van der Waals surface area contributed by atoms with E-state index in [9.17, 15) is 4.79 Å². The molecule has 1 aliphatic heterocycles. The van der Waals surface area contributed by atoms with Gasteiger partial charge in [-0.2, -0.15) is 0 Å². The molecule has 1 saturated heterocycles. The Morgan fingerprint density at radius 1 is 1.42 bits per heavy atom. The average Bonchev–Trinajstić information content (AvgIpc) is 3.21. The summed E-state index contributed by atoms with van der Waals surface area (Å²) in [4.78, 5) is 19.0. The van der Waals surface area contributed by atoms with Gasteiger partial charge in [-0.25, -0.2) is 4.98 Å². The molecule has 2 aromatic rings. The van der Waals surface area contributed by atoms with Gasteiger partial charge < -0.3 is 19.5 Å². The molecule has 8 heteroatoms. The molecular formula is C18H23N3O4S. The standard InChI is InChI=1S/C18H23N3O4S/c1-23-15-4-3-13(16(10-15)24-2)11-21(18-20-6-8-26-18)17(22)9-14-12-25-7-5-19-14/h3-4,6,8,10,14,19H,5,7,9,11-12H2,1-2H3. The Bertz CT molecular complexity index is 717. The fourth-order valence-corrected chi connectivity index (χ4v) is 3.50. The molecule has 0 bridgehead atoms. The minimum Gasteiger partial charge on any atom is -0.497 e. The quantitative estimate of drug-likeness (QED) is 0.796. The van der Waals surface area contributed by atoms with Crippen molar-refractivity contribution in [1.29, 1.82) is 0 Å². The summed E-state index contributed by atoms with van der Waals surface area (Å²) in [5.74, 6) is 1.39. The van der Waals surface area contributed by atoms with E-state index in [1.807, 2.05) is 23.6 Å². The van der Waals surface area contributed by atoms with Gasteiger partial charge in [0.1, 0.15) is 11.5 Å². The molecule has 1 atom stereocenters.